The van der Waals surface area contributed by atoms with E-state index in [2.05, 4.69) is 15.4 Å². The number of aromatic nitrogens is 4. The fourth-order valence-electron chi connectivity index (χ4n) is 4.32. The van der Waals surface area contributed by atoms with Crippen molar-refractivity contribution in [3.63, 3.8) is 0 Å². The molecule has 0 fully saturated rings. The van der Waals surface area contributed by atoms with Crippen molar-refractivity contribution < 1.29 is 27.5 Å². The van der Waals surface area contributed by atoms with Gasteiger partial charge in [0.1, 0.15) is 23.9 Å². The van der Waals surface area contributed by atoms with E-state index in [-0.39, 0.29) is 23.9 Å². The Bertz CT molecular complexity index is 1870. The molecule has 0 aliphatic heterocycles. The first-order chi connectivity index (χ1) is 21.1. The number of anilines is 1. The number of imidazole rings is 1. The van der Waals surface area contributed by atoms with Gasteiger partial charge in [0.2, 0.25) is 0 Å². The van der Waals surface area contributed by atoms with Crippen molar-refractivity contribution >= 4 is 27.5 Å². The van der Waals surface area contributed by atoms with Crippen LogP contribution in [0.3, 0.4) is 0 Å². The quantitative estimate of drug-likeness (QED) is 0.243. The van der Waals surface area contributed by atoms with Gasteiger partial charge in [0, 0.05) is 43.1 Å². The molecule has 2 heterocycles. The van der Waals surface area contributed by atoms with Crippen molar-refractivity contribution in [2.24, 2.45) is 0 Å². The number of methoxy groups -OCH3 is 1. The summed E-state index contributed by atoms with van der Waals surface area (Å²) < 4.78 is 38.1. The molecule has 0 aliphatic carbocycles. The maximum absolute atomic E-state index is 13.3. The Hall–Kier alpha value is -5.43. The van der Waals surface area contributed by atoms with E-state index in [9.17, 15) is 18.0 Å². The fraction of sp³-hybridized carbons (Fsp3) is 0.161. The Balaban J connectivity index is 1.28. The van der Waals surface area contributed by atoms with Crippen LogP contribution in [0.15, 0.2) is 102 Å². The summed E-state index contributed by atoms with van der Waals surface area (Å²) in [4.78, 5) is 31.7. The molecule has 5 aromatic rings. The van der Waals surface area contributed by atoms with Crippen LogP contribution in [0.1, 0.15) is 21.9 Å². The van der Waals surface area contributed by atoms with E-state index in [0.717, 1.165) is 17.5 Å². The predicted molar refractivity (Wildman–Crippen MR) is 163 cm³/mol. The minimum Gasteiger partial charge on any atom is -0.497 e. The zero-order chi connectivity index (χ0) is 31.3. The molecule has 5 rings (SSSR count). The van der Waals surface area contributed by atoms with Gasteiger partial charge in [0.15, 0.2) is 14.9 Å². The molecule has 0 unspecified atom stereocenters. The molecule has 0 saturated heterocycles. The number of carbonyl (C=O) groups excluding carboxylic acids is 2. The molecule has 13 heteroatoms. The van der Waals surface area contributed by atoms with E-state index in [4.69, 9.17) is 9.47 Å². The van der Waals surface area contributed by atoms with Crippen LogP contribution >= 0.6 is 0 Å². The Morgan fingerprint density at radius 2 is 1.64 bits per heavy atom. The van der Waals surface area contributed by atoms with Gasteiger partial charge >= 0.3 is 6.09 Å². The molecule has 2 amide bonds. The third-order valence-electron chi connectivity index (χ3n) is 6.63. The van der Waals surface area contributed by atoms with Gasteiger partial charge in [-0.15, -0.1) is 0 Å². The summed E-state index contributed by atoms with van der Waals surface area (Å²) in [5, 5.41) is 6.75. The smallest absolute Gasteiger partial charge is 0.410 e. The molecule has 0 bridgehead atoms. The van der Waals surface area contributed by atoms with Crippen LogP contribution in [0, 0.1) is 0 Å². The lowest BCUT2D eigenvalue weighted by molar-refractivity contribution is 0.101. The first kappa shape index (κ1) is 30.0. The molecule has 0 aliphatic rings. The summed E-state index contributed by atoms with van der Waals surface area (Å²) in [6, 6.07) is 24.4. The molecular formula is C31H30N6O6S. The molecule has 12 nitrogen and oxygen atoms in total. The van der Waals surface area contributed by atoms with Crippen molar-refractivity contribution in [1.82, 2.24) is 24.2 Å². The van der Waals surface area contributed by atoms with E-state index in [1.54, 1.807) is 68.0 Å². The number of benzene rings is 3. The summed E-state index contributed by atoms with van der Waals surface area (Å²) in [5.74, 6) is 0.665. The van der Waals surface area contributed by atoms with Crippen molar-refractivity contribution in [2.45, 2.75) is 18.2 Å². The standard InChI is InChI=1S/C31H30N6O6S/c1-35(31(39)43-21-22-7-5-4-6-8-22)20-28-32-17-18-36(28)24-11-9-23(10-12-24)33-30(38)27-19-29(44(3,40)41)34-37(27)25-13-15-26(42-2)16-14-25/h4-19H,20-21H2,1-3H3,(H,33,38). The summed E-state index contributed by atoms with van der Waals surface area (Å²) in [6.45, 7) is 0.374. The fourth-order valence-corrected chi connectivity index (χ4v) is 4.87. The van der Waals surface area contributed by atoms with Crippen LogP contribution in [0.2, 0.25) is 0 Å². The van der Waals surface area contributed by atoms with Gasteiger partial charge in [-0.2, -0.15) is 5.10 Å². The van der Waals surface area contributed by atoms with E-state index < -0.39 is 21.8 Å². The third kappa shape index (κ3) is 6.95. The van der Waals surface area contributed by atoms with E-state index in [1.165, 1.54) is 22.8 Å². The number of nitrogens with zero attached hydrogens (tertiary/aromatic N) is 5. The Labute approximate surface area is 254 Å². The zero-order valence-corrected chi connectivity index (χ0v) is 25.1. The van der Waals surface area contributed by atoms with Crippen molar-refractivity contribution in [3.05, 3.63) is 114 Å². The minimum absolute atomic E-state index is 0.0405. The monoisotopic (exact) mass is 614 g/mol. The van der Waals surface area contributed by atoms with E-state index in [0.29, 0.717) is 22.9 Å². The largest absolute Gasteiger partial charge is 0.497 e. The van der Waals surface area contributed by atoms with Crippen molar-refractivity contribution in [2.75, 3.05) is 25.7 Å². The van der Waals surface area contributed by atoms with Crippen LogP contribution in [0.25, 0.3) is 11.4 Å². The topological polar surface area (TPSA) is 138 Å². The highest BCUT2D eigenvalue weighted by molar-refractivity contribution is 7.90. The highest BCUT2D eigenvalue weighted by Crippen LogP contribution is 2.21. The lowest BCUT2D eigenvalue weighted by Gasteiger charge is -2.18. The lowest BCUT2D eigenvalue weighted by Crippen LogP contribution is -2.28. The molecule has 3 aromatic carbocycles. The highest BCUT2D eigenvalue weighted by atomic mass is 32.2. The molecule has 2 aromatic heterocycles. The van der Waals surface area contributed by atoms with E-state index in [1.807, 2.05) is 34.9 Å². The van der Waals surface area contributed by atoms with Gasteiger partial charge < -0.3 is 24.3 Å². The van der Waals surface area contributed by atoms with Gasteiger partial charge in [0.25, 0.3) is 5.91 Å². The van der Waals surface area contributed by atoms with E-state index >= 15 is 0 Å². The van der Waals surface area contributed by atoms with Crippen molar-refractivity contribution in [3.8, 4) is 17.1 Å². The third-order valence-corrected chi connectivity index (χ3v) is 7.59. The summed E-state index contributed by atoms with van der Waals surface area (Å²) in [6.07, 6.45) is 3.96. The van der Waals surface area contributed by atoms with Gasteiger partial charge in [0.05, 0.1) is 19.3 Å². The first-order valence-corrected chi connectivity index (χ1v) is 15.3. The second kappa shape index (κ2) is 12.8. The molecular weight excluding hydrogens is 584 g/mol. The van der Waals surface area contributed by atoms with Gasteiger partial charge in [-0.1, -0.05) is 30.3 Å². The Morgan fingerprint density at radius 1 is 0.955 bits per heavy atom. The predicted octanol–water partition coefficient (Wildman–Crippen LogP) is 4.49. The number of nitrogens with one attached hydrogen (secondary N) is 1. The second-order valence-electron chi connectivity index (χ2n) is 9.86. The molecule has 1 N–H and O–H groups in total. The number of hydrogen-bond acceptors (Lipinski definition) is 8. The summed E-state index contributed by atoms with van der Waals surface area (Å²) >= 11 is 0. The highest BCUT2D eigenvalue weighted by Gasteiger charge is 2.22. The van der Waals surface area contributed by atoms with Crippen LogP contribution in [0.5, 0.6) is 5.75 Å². The minimum atomic E-state index is -3.67. The van der Waals surface area contributed by atoms with Crippen LogP contribution in [-0.4, -0.2) is 65.1 Å². The lowest BCUT2D eigenvalue weighted by atomic mass is 10.2. The number of hydrogen-bond donors (Lipinski definition) is 1. The Kier molecular flexibility index (Phi) is 8.76. The number of sulfone groups is 1. The van der Waals surface area contributed by atoms with Crippen molar-refractivity contribution in [1.29, 1.82) is 0 Å². The number of amides is 2. The van der Waals surface area contributed by atoms with Crippen LogP contribution < -0.4 is 10.1 Å². The van der Waals surface area contributed by atoms with Gasteiger partial charge in [-0.3, -0.25) is 4.79 Å². The average molecular weight is 615 g/mol. The Morgan fingerprint density at radius 3 is 2.30 bits per heavy atom. The maximum atomic E-state index is 13.3. The molecule has 226 valence electrons. The maximum Gasteiger partial charge on any atom is 0.410 e. The summed E-state index contributed by atoms with van der Waals surface area (Å²) in [7, 11) is -0.506. The molecule has 0 radical (unpaired) electrons. The number of carbonyl (C=O) groups is 2. The average Bonchev–Trinajstić information content (AvgIpc) is 3.69. The normalized spacial score (nSPS) is 11.2. The molecule has 44 heavy (non-hydrogen) atoms. The van der Waals surface area contributed by atoms with Crippen LogP contribution in [-0.2, 0) is 27.7 Å². The zero-order valence-electron chi connectivity index (χ0n) is 24.2. The first-order valence-electron chi connectivity index (χ1n) is 13.4. The molecule has 0 spiro atoms. The SMILES string of the molecule is COc1ccc(-n2nc(S(C)(=O)=O)cc2C(=O)Nc2ccc(-n3ccnc3CN(C)C(=O)OCc3ccccc3)cc2)cc1. The molecule has 0 atom stereocenters. The molecule has 0 saturated carbocycles. The van der Waals surface area contributed by atoms with Gasteiger partial charge in [-0.25, -0.2) is 22.9 Å². The number of ether oxygens (including phenoxy) is 2. The summed E-state index contributed by atoms with van der Waals surface area (Å²) in [5.41, 5.74) is 2.65. The number of rotatable bonds is 10. The second-order valence-corrected chi connectivity index (χ2v) is 11.8. The van der Waals surface area contributed by atoms with Crippen LogP contribution in [0.4, 0.5) is 10.5 Å². The van der Waals surface area contributed by atoms with Gasteiger partial charge in [-0.05, 0) is 54.1 Å².